The van der Waals surface area contributed by atoms with Gasteiger partial charge in [0.2, 0.25) is 0 Å². The maximum absolute atomic E-state index is 11.6. The van der Waals surface area contributed by atoms with E-state index in [1.165, 1.54) is 6.07 Å². The highest BCUT2D eigenvalue weighted by molar-refractivity contribution is 9.09. The van der Waals surface area contributed by atoms with Crippen molar-refractivity contribution in [2.75, 3.05) is 5.33 Å². The van der Waals surface area contributed by atoms with Gasteiger partial charge in [0, 0.05) is 11.1 Å². The number of hydrogen-bond acceptors (Lipinski definition) is 3. The van der Waals surface area contributed by atoms with Crippen LogP contribution in [0.2, 0.25) is 0 Å². The third-order valence-electron chi connectivity index (χ3n) is 2.14. The summed E-state index contributed by atoms with van der Waals surface area (Å²) in [7, 11) is 0. The first-order chi connectivity index (χ1) is 7.15. The van der Waals surface area contributed by atoms with E-state index in [2.05, 4.69) is 15.9 Å². The zero-order valence-electron chi connectivity index (χ0n) is 8.08. The van der Waals surface area contributed by atoms with Gasteiger partial charge in [-0.3, -0.25) is 9.59 Å². The van der Waals surface area contributed by atoms with Gasteiger partial charge < -0.3 is 0 Å². The Kier molecular flexibility index (Phi) is 3.75. The summed E-state index contributed by atoms with van der Waals surface area (Å²) in [5, 5.41) is 8.94. The van der Waals surface area contributed by atoms with E-state index >= 15 is 0 Å². The average molecular weight is 266 g/mol. The first-order valence-electron chi connectivity index (χ1n) is 4.23. The number of nitriles is 1. The lowest BCUT2D eigenvalue weighted by molar-refractivity contribution is 0.101. The first-order valence-corrected chi connectivity index (χ1v) is 5.36. The molecule has 0 heterocycles. The Hall–Kier alpha value is -1.47. The van der Waals surface area contributed by atoms with Crippen molar-refractivity contribution >= 4 is 28.0 Å². The van der Waals surface area contributed by atoms with Gasteiger partial charge in [-0.2, -0.15) is 5.26 Å². The molecule has 15 heavy (non-hydrogen) atoms. The van der Waals surface area contributed by atoms with E-state index in [-0.39, 0.29) is 11.1 Å². The maximum atomic E-state index is 11.6. The number of aldehydes is 1. The SMILES string of the molecule is Cc1c(C#N)ccc(C=O)c1C(=O)CBr. The van der Waals surface area contributed by atoms with E-state index in [1.54, 1.807) is 13.0 Å². The van der Waals surface area contributed by atoms with Crippen LogP contribution < -0.4 is 0 Å². The zero-order valence-corrected chi connectivity index (χ0v) is 9.67. The summed E-state index contributed by atoms with van der Waals surface area (Å²) in [6.45, 7) is 1.67. The molecular weight excluding hydrogens is 258 g/mol. The van der Waals surface area contributed by atoms with Crippen molar-refractivity contribution in [1.82, 2.24) is 0 Å². The number of alkyl halides is 1. The first kappa shape index (κ1) is 11.6. The van der Waals surface area contributed by atoms with Crippen LogP contribution in [0.5, 0.6) is 0 Å². The highest BCUT2D eigenvalue weighted by Crippen LogP contribution is 2.18. The van der Waals surface area contributed by atoms with Crippen LogP contribution in [-0.2, 0) is 0 Å². The standard InChI is InChI=1S/C11H8BrNO2/c1-7-8(5-13)2-3-9(6-14)11(7)10(15)4-12/h2-3,6H,4H2,1H3. The molecule has 0 N–H and O–H groups in total. The minimum atomic E-state index is -0.188. The van der Waals surface area contributed by atoms with Gasteiger partial charge in [0.1, 0.15) is 0 Å². The van der Waals surface area contributed by atoms with Crippen LogP contribution in [0.25, 0.3) is 0 Å². The summed E-state index contributed by atoms with van der Waals surface area (Å²) in [6.07, 6.45) is 0.629. The number of ketones is 1. The van der Waals surface area contributed by atoms with Crippen molar-refractivity contribution in [3.63, 3.8) is 0 Å². The quantitative estimate of drug-likeness (QED) is 0.479. The molecule has 0 aliphatic carbocycles. The molecular formula is C11H8BrNO2. The van der Waals surface area contributed by atoms with Crippen molar-refractivity contribution in [1.29, 1.82) is 5.26 Å². The molecule has 0 spiro atoms. The fourth-order valence-electron chi connectivity index (χ4n) is 1.39. The molecule has 0 aliphatic rings. The molecule has 1 aromatic rings. The van der Waals surface area contributed by atoms with Crippen molar-refractivity contribution in [3.05, 3.63) is 34.4 Å². The molecule has 76 valence electrons. The smallest absolute Gasteiger partial charge is 0.174 e. The van der Waals surface area contributed by atoms with Crippen molar-refractivity contribution in [2.24, 2.45) is 0 Å². The zero-order chi connectivity index (χ0) is 11.4. The Morgan fingerprint density at radius 1 is 1.60 bits per heavy atom. The molecule has 0 saturated carbocycles. The lowest BCUT2D eigenvalue weighted by Gasteiger charge is -2.07. The summed E-state index contributed by atoms with van der Waals surface area (Å²) in [6, 6.07) is 5.02. The van der Waals surface area contributed by atoms with Crippen LogP contribution in [-0.4, -0.2) is 17.4 Å². The average Bonchev–Trinajstić information content (AvgIpc) is 2.27. The van der Waals surface area contributed by atoms with Gasteiger partial charge in [-0.15, -0.1) is 0 Å². The Morgan fingerprint density at radius 2 is 2.27 bits per heavy atom. The maximum Gasteiger partial charge on any atom is 0.174 e. The molecule has 0 amide bonds. The largest absolute Gasteiger partial charge is 0.298 e. The van der Waals surface area contributed by atoms with Gasteiger partial charge in [0.15, 0.2) is 12.1 Å². The van der Waals surface area contributed by atoms with E-state index in [0.29, 0.717) is 28.5 Å². The van der Waals surface area contributed by atoms with Crippen molar-refractivity contribution in [3.8, 4) is 6.07 Å². The Labute approximate surface area is 95.8 Å². The second-order valence-corrected chi connectivity index (χ2v) is 3.55. The van der Waals surface area contributed by atoms with Crippen LogP contribution in [0.1, 0.15) is 31.8 Å². The highest BCUT2D eigenvalue weighted by atomic mass is 79.9. The molecule has 0 unspecified atom stereocenters. The van der Waals surface area contributed by atoms with E-state index in [4.69, 9.17) is 5.26 Å². The van der Waals surface area contributed by atoms with Crippen LogP contribution in [0.4, 0.5) is 0 Å². The molecule has 0 fully saturated rings. The predicted octanol–water partition coefficient (Wildman–Crippen LogP) is 2.26. The lowest BCUT2D eigenvalue weighted by Crippen LogP contribution is -2.08. The number of carbonyl (C=O) groups excluding carboxylic acids is 2. The lowest BCUT2D eigenvalue weighted by atomic mass is 9.95. The van der Waals surface area contributed by atoms with Crippen molar-refractivity contribution < 1.29 is 9.59 Å². The minimum Gasteiger partial charge on any atom is -0.298 e. The van der Waals surface area contributed by atoms with Crippen LogP contribution in [0.15, 0.2) is 12.1 Å². The van der Waals surface area contributed by atoms with Crippen LogP contribution in [0.3, 0.4) is 0 Å². The monoisotopic (exact) mass is 265 g/mol. The van der Waals surface area contributed by atoms with E-state index < -0.39 is 0 Å². The van der Waals surface area contributed by atoms with Gasteiger partial charge in [-0.25, -0.2) is 0 Å². The Balaban J connectivity index is 3.50. The number of halogens is 1. The van der Waals surface area contributed by atoms with Crippen LogP contribution >= 0.6 is 15.9 Å². The molecule has 0 bridgehead atoms. The van der Waals surface area contributed by atoms with Gasteiger partial charge >= 0.3 is 0 Å². The summed E-state index contributed by atoms with van der Waals surface area (Å²) >= 11 is 3.05. The van der Waals surface area contributed by atoms with E-state index in [9.17, 15) is 9.59 Å². The number of benzene rings is 1. The van der Waals surface area contributed by atoms with Gasteiger partial charge in [0.25, 0.3) is 0 Å². The molecule has 0 radical (unpaired) electrons. The normalized spacial score (nSPS) is 9.40. The van der Waals surface area contributed by atoms with Gasteiger partial charge in [-0.1, -0.05) is 15.9 Å². The molecule has 3 nitrogen and oxygen atoms in total. The number of rotatable bonds is 3. The molecule has 1 aromatic carbocycles. The third-order valence-corrected chi connectivity index (χ3v) is 2.65. The summed E-state index contributed by atoms with van der Waals surface area (Å²) in [4.78, 5) is 22.3. The molecule has 0 aromatic heterocycles. The summed E-state index contributed by atoms with van der Waals surface area (Å²) in [5.74, 6) is -0.188. The summed E-state index contributed by atoms with van der Waals surface area (Å²) < 4.78 is 0. The summed E-state index contributed by atoms with van der Waals surface area (Å²) in [5.41, 5.74) is 1.65. The molecule has 0 saturated heterocycles. The number of nitrogens with zero attached hydrogens (tertiary/aromatic N) is 1. The van der Waals surface area contributed by atoms with Crippen molar-refractivity contribution in [2.45, 2.75) is 6.92 Å². The fourth-order valence-corrected chi connectivity index (χ4v) is 1.67. The third kappa shape index (κ3) is 2.13. The second kappa shape index (κ2) is 4.85. The van der Waals surface area contributed by atoms with Gasteiger partial charge in [0.05, 0.1) is 17.0 Å². The number of Topliss-reactive ketones (excluding diaryl/α,β-unsaturated/α-hetero) is 1. The molecule has 0 aliphatic heterocycles. The molecule has 1 rings (SSSR count). The molecule has 4 heteroatoms. The second-order valence-electron chi connectivity index (χ2n) is 2.99. The Morgan fingerprint density at radius 3 is 2.73 bits per heavy atom. The van der Waals surface area contributed by atoms with Gasteiger partial charge in [-0.05, 0) is 24.6 Å². The van der Waals surface area contributed by atoms with E-state index in [1.807, 2.05) is 6.07 Å². The van der Waals surface area contributed by atoms with Crippen LogP contribution in [0, 0.1) is 18.3 Å². The minimum absolute atomic E-state index is 0.142. The fraction of sp³-hybridized carbons (Fsp3) is 0.182. The topological polar surface area (TPSA) is 57.9 Å². The highest BCUT2D eigenvalue weighted by Gasteiger charge is 2.15. The Bertz CT molecular complexity index is 460. The molecule has 0 atom stereocenters. The predicted molar refractivity (Wildman–Crippen MR) is 59.4 cm³/mol. The number of hydrogen-bond donors (Lipinski definition) is 0. The number of carbonyl (C=O) groups is 2. The van der Waals surface area contributed by atoms with E-state index in [0.717, 1.165) is 0 Å².